The molecule has 1 saturated heterocycles. The summed E-state index contributed by atoms with van der Waals surface area (Å²) in [6, 6.07) is 9.69. The molecule has 1 unspecified atom stereocenters. The number of para-hydroxylation sites is 1. The number of aryl methyl sites for hydroxylation is 1. The Hall–Kier alpha value is -3.38. The Balaban J connectivity index is 1.21. The minimum Gasteiger partial charge on any atom is -0.481 e. The number of hydrogen-bond donors (Lipinski definition) is 2. The third-order valence-electron chi connectivity index (χ3n) is 8.34. The normalized spacial score (nSPS) is 20.7. The molecule has 0 spiro atoms. The zero-order valence-electron chi connectivity index (χ0n) is 24.3. The molecule has 2 fully saturated rings. The average molecular weight is 615 g/mol. The minimum atomic E-state index is -1.16. The molecule has 2 aliphatic rings. The Morgan fingerprint density at radius 3 is 2.53 bits per heavy atom. The highest BCUT2D eigenvalue weighted by Gasteiger charge is 2.40. The van der Waals surface area contributed by atoms with Crippen molar-refractivity contribution >= 4 is 45.9 Å². The number of aliphatic carboxylic acids is 1. The number of anilines is 1. The number of carbonyl (C=O) groups is 3. The van der Waals surface area contributed by atoms with Crippen LogP contribution in [0.2, 0.25) is 5.02 Å². The number of carboxylic acids is 1. The highest BCUT2D eigenvalue weighted by molar-refractivity contribution is 6.34. The van der Waals surface area contributed by atoms with Crippen LogP contribution < -0.4 is 5.32 Å². The standard InChI is InChI=1S/C31H36ClFN4O6/c1-31(37-13-5-6-14-37,43-22-11-9-19(10-12-22)30(40)41)42-18-21(38)15-20-16-24(32)26(17-25(20)33)34-29(39)28-23-7-3-4-8-27(23)36(2)35-28/h3-4,7-8,16-17,19,22H,5-6,9-15,18H2,1-2H3,(H,34,39)(H,40,41)/t19-,22-,31?. The van der Waals surface area contributed by atoms with E-state index in [0.717, 1.165) is 37.5 Å². The Bertz CT molecular complexity index is 1520. The predicted molar refractivity (Wildman–Crippen MR) is 158 cm³/mol. The number of Topliss-reactive ketones (excluding diaryl/α,β-unsaturated/α-hetero) is 1. The summed E-state index contributed by atoms with van der Waals surface area (Å²) in [5.41, 5.74) is 1.11. The van der Waals surface area contributed by atoms with Crippen molar-refractivity contribution < 1.29 is 33.4 Å². The summed E-state index contributed by atoms with van der Waals surface area (Å²) in [5.74, 6) is -3.90. The van der Waals surface area contributed by atoms with E-state index >= 15 is 4.39 Å². The molecule has 2 heterocycles. The van der Waals surface area contributed by atoms with E-state index in [2.05, 4.69) is 10.4 Å². The first kappa shape index (κ1) is 31.1. The highest BCUT2D eigenvalue weighted by Crippen LogP contribution is 2.33. The van der Waals surface area contributed by atoms with Crippen molar-refractivity contribution in [1.82, 2.24) is 14.7 Å². The SMILES string of the molecule is Cn1nc(C(=O)Nc2cc(F)c(CC(=O)COC(C)(O[C@H]3CC[C@H](C(=O)O)CC3)N3CCCC3)cc2Cl)c2ccccc21. The summed E-state index contributed by atoms with van der Waals surface area (Å²) >= 11 is 6.40. The monoisotopic (exact) mass is 614 g/mol. The zero-order valence-corrected chi connectivity index (χ0v) is 25.0. The molecule has 1 aliphatic carbocycles. The number of ketones is 1. The van der Waals surface area contributed by atoms with Crippen LogP contribution in [0.1, 0.15) is 61.5 Å². The number of aromatic nitrogens is 2. The molecule has 1 saturated carbocycles. The van der Waals surface area contributed by atoms with Gasteiger partial charge < -0.3 is 19.9 Å². The number of fused-ring (bicyclic) bond motifs is 1. The minimum absolute atomic E-state index is 0.0685. The molecule has 2 aromatic carbocycles. The number of rotatable bonds is 11. The van der Waals surface area contributed by atoms with Crippen molar-refractivity contribution in [3.8, 4) is 0 Å². The first-order chi connectivity index (χ1) is 20.5. The summed E-state index contributed by atoms with van der Waals surface area (Å²) in [5, 5.41) is 16.9. The molecule has 230 valence electrons. The topological polar surface area (TPSA) is 123 Å². The lowest BCUT2D eigenvalue weighted by Crippen LogP contribution is -2.52. The number of halogens is 2. The van der Waals surface area contributed by atoms with Crippen molar-refractivity contribution in [2.45, 2.75) is 63.9 Å². The zero-order chi connectivity index (χ0) is 30.7. The molecule has 10 nitrogen and oxygen atoms in total. The van der Waals surface area contributed by atoms with Gasteiger partial charge in [0.25, 0.3) is 5.91 Å². The van der Waals surface area contributed by atoms with Gasteiger partial charge in [0.15, 0.2) is 11.5 Å². The van der Waals surface area contributed by atoms with E-state index in [0.29, 0.717) is 31.1 Å². The molecule has 5 rings (SSSR count). The molecule has 2 N–H and O–H groups in total. The van der Waals surface area contributed by atoms with Crippen molar-refractivity contribution in [2.24, 2.45) is 13.0 Å². The van der Waals surface area contributed by atoms with Gasteiger partial charge in [0.2, 0.25) is 5.91 Å². The molecule has 43 heavy (non-hydrogen) atoms. The van der Waals surface area contributed by atoms with Crippen LogP contribution in [-0.2, 0) is 32.5 Å². The van der Waals surface area contributed by atoms with Crippen LogP contribution in [-0.4, -0.2) is 69.2 Å². The van der Waals surface area contributed by atoms with Gasteiger partial charge >= 0.3 is 5.97 Å². The van der Waals surface area contributed by atoms with Crippen molar-refractivity contribution in [3.63, 3.8) is 0 Å². The first-order valence-electron chi connectivity index (χ1n) is 14.6. The smallest absolute Gasteiger partial charge is 0.306 e. The van der Waals surface area contributed by atoms with E-state index in [1.165, 1.54) is 6.07 Å². The molecule has 12 heteroatoms. The summed E-state index contributed by atoms with van der Waals surface area (Å²) in [7, 11) is 1.73. The second-order valence-electron chi connectivity index (χ2n) is 11.4. The van der Waals surface area contributed by atoms with Gasteiger partial charge in [-0.3, -0.25) is 24.0 Å². The van der Waals surface area contributed by atoms with Crippen LogP contribution in [0.25, 0.3) is 10.9 Å². The molecule has 0 bridgehead atoms. The summed E-state index contributed by atoms with van der Waals surface area (Å²) < 4.78 is 29.2. The van der Waals surface area contributed by atoms with E-state index in [9.17, 15) is 19.5 Å². The van der Waals surface area contributed by atoms with E-state index in [1.807, 2.05) is 17.0 Å². The number of carboxylic acid groups (broad SMARTS) is 1. The van der Waals surface area contributed by atoms with Gasteiger partial charge in [-0.15, -0.1) is 0 Å². The van der Waals surface area contributed by atoms with Crippen LogP contribution in [0.15, 0.2) is 36.4 Å². The van der Waals surface area contributed by atoms with Crippen LogP contribution in [0.4, 0.5) is 10.1 Å². The van der Waals surface area contributed by atoms with Crippen molar-refractivity contribution in [3.05, 3.63) is 58.5 Å². The molecular formula is C31H36ClFN4O6. The molecule has 1 atom stereocenters. The second kappa shape index (κ2) is 13.1. The Labute approximate surface area is 254 Å². The maximum Gasteiger partial charge on any atom is 0.306 e. The summed E-state index contributed by atoms with van der Waals surface area (Å²) in [4.78, 5) is 39.3. The van der Waals surface area contributed by atoms with Gasteiger partial charge in [0.1, 0.15) is 12.4 Å². The van der Waals surface area contributed by atoms with Gasteiger partial charge in [-0.1, -0.05) is 29.8 Å². The van der Waals surface area contributed by atoms with E-state index in [-0.39, 0.29) is 52.8 Å². The second-order valence-corrected chi connectivity index (χ2v) is 11.8. The molecule has 3 aromatic rings. The lowest BCUT2D eigenvalue weighted by atomic mass is 9.87. The van der Waals surface area contributed by atoms with Gasteiger partial charge in [-0.25, -0.2) is 4.39 Å². The number of benzene rings is 2. The third-order valence-corrected chi connectivity index (χ3v) is 8.65. The van der Waals surface area contributed by atoms with Crippen LogP contribution in [0.5, 0.6) is 0 Å². The number of nitrogens with zero attached hydrogens (tertiary/aromatic N) is 3. The number of nitrogens with one attached hydrogen (secondary N) is 1. The maximum absolute atomic E-state index is 15.1. The van der Waals surface area contributed by atoms with Gasteiger partial charge in [-0.05, 0) is 62.3 Å². The molecule has 1 amide bonds. The number of likely N-dealkylation sites (tertiary alicyclic amines) is 1. The van der Waals surface area contributed by atoms with Crippen LogP contribution >= 0.6 is 11.6 Å². The predicted octanol–water partition coefficient (Wildman–Crippen LogP) is 5.18. The fourth-order valence-corrected chi connectivity index (χ4v) is 6.15. The van der Waals surface area contributed by atoms with Gasteiger partial charge in [0, 0.05) is 38.9 Å². The van der Waals surface area contributed by atoms with Gasteiger partial charge in [-0.2, -0.15) is 5.10 Å². The third kappa shape index (κ3) is 7.06. The maximum atomic E-state index is 15.1. The molecule has 0 radical (unpaired) electrons. The number of carbonyl (C=O) groups excluding carboxylic acids is 2. The van der Waals surface area contributed by atoms with Crippen molar-refractivity contribution in [1.29, 1.82) is 0 Å². The lowest BCUT2D eigenvalue weighted by molar-refractivity contribution is -0.320. The number of amides is 1. The van der Waals surface area contributed by atoms with E-state index < -0.39 is 23.6 Å². The van der Waals surface area contributed by atoms with Gasteiger partial charge in [0.05, 0.1) is 28.2 Å². The van der Waals surface area contributed by atoms with E-state index in [4.69, 9.17) is 21.1 Å². The fraction of sp³-hybridized carbons (Fsp3) is 0.484. The molecular weight excluding hydrogens is 579 g/mol. The van der Waals surface area contributed by atoms with Crippen LogP contribution in [0.3, 0.4) is 0 Å². The highest BCUT2D eigenvalue weighted by atomic mass is 35.5. The average Bonchev–Trinajstić information content (AvgIpc) is 3.64. The quantitative estimate of drug-likeness (QED) is 0.284. The Morgan fingerprint density at radius 2 is 1.84 bits per heavy atom. The Kier molecular flexibility index (Phi) is 9.45. The number of hydrogen-bond acceptors (Lipinski definition) is 7. The molecule has 1 aromatic heterocycles. The summed E-state index contributed by atoms with van der Waals surface area (Å²) in [6.45, 7) is 2.98. The largest absolute Gasteiger partial charge is 0.481 e. The first-order valence-corrected chi connectivity index (χ1v) is 14.9. The van der Waals surface area contributed by atoms with Crippen molar-refractivity contribution in [2.75, 3.05) is 25.0 Å². The molecule has 1 aliphatic heterocycles. The van der Waals surface area contributed by atoms with E-state index in [1.54, 1.807) is 30.8 Å². The number of ether oxygens (including phenoxy) is 2. The summed E-state index contributed by atoms with van der Waals surface area (Å²) in [6.07, 6.45) is 3.77. The lowest BCUT2D eigenvalue weighted by Gasteiger charge is -2.41. The van der Waals surface area contributed by atoms with Crippen LogP contribution in [0, 0.1) is 11.7 Å². The fourth-order valence-electron chi connectivity index (χ4n) is 5.92. The Morgan fingerprint density at radius 1 is 1.14 bits per heavy atom.